The summed E-state index contributed by atoms with van der Waals surface area (Å²) in [5, 5.41) is 7.96. The van der Waals surface area contributed by atoms with Crippen molar-refractivity contribution >= 4 is 48.3 Å². The van der Waals surface area contributed by atoms with Crippen LogP contribution in [0.3, 0.4) is 0 Å². The second-order valence-electron chi connectivity index (χ2n) is 3.28. The van der Waals surface area contributed by atoms with E-state index in [1.165, 1.54) is 0 Å². The summed E-state index contributed by atoms with van der Waals surface area (Å²) in [6.07, 6.45) is 2.44. The van der Waals surface area contributed by atoms with Gasteiger partial charge in [0.2, 0.25) is 0 Å². The number of pyridine rings is 1. The Balaban J connectivity index is 0. The van der Waals surface area contributed by atoms with Gasteiger partial charge < -0.3 is 5.73 Å². The zero-order valence-electron chi connectivity index (χ0n) is 9.77. The van der Waals surface area contributed by atoms with E-state index in [2.05, 4.69) is 27.0 Å². The first-order valence-electron chi connectivity index (χ1n) is 4.81. The molecule has 0 amide bonds. The lowest BCUT2D eigenvalue weighted by Crippen LogP contribution is -1.95. The van der Waals surface area contributed by atoms with Crippen LogP contribution in [0, 0.1) is 18.8 Å². The van der Waals surface area contributed by atoms with E-state index in [0.717, 1.165) is 22.3 Å². The van der Waals surface area contributed by atoms with Crippen LogP contribution in [-0.2, 0) is 0 Å². The van der Waals surface area contributed by atoms with E-state index in [4.69, 9.17) is 5.73 Å². The van der Waals surface area contributed by atoms with E-state index in [0.29, 0.717) is 13.0 Å². The number of halogens is 3. The van der Waals surface area contributed by atoms with Crippen LogP contribution in [0.1, 0.15) is 17.7 Å². The number of nitrogens with zero attached hydrogens (tertiary/aromatic N) is 2. The summed E-state index contributed by atoms with van der Waals surface area (Å²) in [6.45, 7) is 2.56. The molecule has 0 atom stereocenters. The molecule has 4 nitrogen and oxygen atoms in total. The highest BCUT2D eigenvalue weighted by molar-refractivity contribution is 5.86. The van der Waals surface area contributed by atoms with Gasteiger partial charge in [0.05, 0.1) is 0 Å². The number of aryl methyl sites for hydroxylation is 1. The monoisotopic (exact) mass is 308 g/mol. The van der Waals surface area contributed by atoms with Crippen molar-refractivity contribution in [3.05, 3.63) is 23.5 Å². The van der Waals surface area contributed by atoms with Crippen LogP contribution in [0.5, 0.6) is 0 Å². The SMILES string of the molecule is Cc1[nH]nc2ncc(C#CCCN)cc12.Cl.Cl.Cl. The summed E-state index contributed by atoms with van der Waals surface area (Å²) in [5.74, 6) is 6.00. The molecule has 0 aromatic carbocycles. The fourth-order valence-electron chi connectivity index (χ4n) is 1.32. The van der Waals surface area contributed by atoms with Gasteiger partial charge >= 0.3 is 0 Å². The summed E-state index contributed by atoms with van der Waals surface area (Å²) in [7, 11) is 0. The number of fused-ring (bicyclic) bond motifs is 1. The quantitative estimate of drug-likeness (QED) is 0.794. The second kappa shape index (κ2) is 9.01. The molecule has 0 spiro atoms. The second-order valence-corrected chi connectivity index (χ2v) is 3.28. The number of rotatable bonds is 1. The number of nitrogens with one attached hydrogen (secondary N) is 1. The van der Waals surface area contributed by atoms with Crippen LogP contribution >= 0.6 is 37.2 Å². The fraction of sp³-hybridized carbons (Fsp3) is 0.273. The summed E-state index contributed by atoms with van der Waals surface area (Å²) in [5.41, 5.74) is 8.01. The molecule has 0 bridgehead atoms. The average molecular weight is 310 g/mol. The zero-order chi connectivity index (χ0) is 10.7. The Bertz CT molecular complexity index is 542. The van der Waals surface area contributed by atoms with E-state index >= 15 is 0 Å². The minimum absolute atomic E-state index is 0. The molecule has 0 unspecified atom stereocenters. The highest BCUT2D eigenvalue weighted by Gasteiger charge is 2.01. The van der Waals surface area contributed by atoms with E-state index < -0.39 is 0 Å². The van der Waals surface area contributed by atoms with Crippen LogP contribution in [0.4, 0.5) is 0 Å². The third kappa shape index (κ3) is 4.35. The smallest absolute Gasteiger partial charge is 0.181 e. The van der Waals surface area contributed by atoms with Gasteiger partial charge in [-0.25, -0.2) is 4.98 Å². The van der Waals surface area contributed by atoms with Crippen molar-refractivity contribution in [2.24, 2.45) is 5.73 Å². The number of aromatic nitrogens is 3. The topological polar surface area (TPSA) is 67.6 Å². The lowest BCUT2D eigenvalue weighted by Gasteiger charge is -1.91. The van der Waals surface area contributed by atoms with Gasteiger partial charge in [0.15, 0.2) is 5.65 Å². The molecule has 2 rings (SSSR count). The van der Waals surface area contributed by atoms with Crippen molar-refractivity contribution in [1.82, 2.24) is 15.2 Å². The molecule has 100 valence electrons. The van der Waals surface area contributed by atoms with E-state index in [1.807, 2.05) is 13.0 Å². The Labute approximate surface area is 124 Å². The maximum Gasteiger partial charge on any atom is 0.181 e. The van der Waals surface area contributed by atoms with Crippen LogP contribution in [0.15, 0.2) is 12.3 Å². The number of nitrogens with two attached hydrogens (primary N) is 1. The predicted octanol–water partition coefficient (Wildman–Crippen LogP) is 2.23. The Kier molecular flexibility index (Phi) is 9.69. The van der Waals surface area contributed by atoms with Crippen LogP contribution in [-0.4, -0.2) is 21.7 Å². The molecule has 0 aliphatic carbocycles. The molecule has 3 N–H and O–H groups in total. The molecule has 0 saturated heterocycles. The van der Waals surface area contributed by atoms with Gasteiger partial charge in [0, 0.05) is 35.8 Å². The van der Waals surface area contributed by atoms with E-state index in [9.17, 15) is 0 Å². The normalized spacial score (nSPS) is 8.33. The molecule has 0 saturated carbocycles. The molecule has 2 heterocycles. The largest absolute Gasteiger partial charge is 0.330 e. The molecule has 2 aromatic rings. The van der Waals surface area contributed by atoms with Gasteiger partial charge in [0.25, 0.3) is 0 Å². The molecule has 0 fully saturated rings. The average Bonchev–Trinajstić information content (AvgIpc) is 2.61. The molecule has 18 heavy (non-hydrogen) atoms. The number of hydrogen-bond acceptors (Lipinski definition) is 3. The van der Waals surface area contributed by atoms with Crippen LogP contribution in [0.2, 0.25) is 0 Å². The van der Waals surface area contributed by atoms with Crippen LogP contribution in [0.25, 0.3) is 11.0 Å². The Morgan fingerprint density at radius 2 is 2.06 bits per heavy atom. The highest BCUT2D eigenvalue weighted by Crippen LogP contribution is 2.13. The van der Waals surface area contributed by atoms with Crippen molar-refractivity contribution in [3.8, 4) is 11.8 Å². The minimum atomic E-state index is 0. The van der Waals surface area contributed by atoms with Gasteiger partial charge in [-0.2, -0.15) is 5.10 Å². The Morgan fingerprint density at radius 3 is 2.72 bits per heavy atom. The first-order chi connectivity index (χ1) is 7.31. The van der Waals surface area contributed by atoms with Gasteiger partial charge in [-0.1, -0.05) is 11.8 Å². The standard InChI is InChI=1S/C11H12N4.3ClH/c1-8-10-6-9(4-2-3-5-12)7-13-11(10)15-14-8;;;/h6-7H,3,5,12H2,1H3,(H,13,14,15);3*1H. The van der Waals surface area contributed by atoms with E-state index in [-0.39, 0.29) is 37.2 Å². The van der Waals surface area contributed by atoms with Crippen molar-refractivity contribution in [2.75, 3.05) is 6.54 Å². The molecule has 0 aliphatic heterocycles. The number of hydrogen-bond donors (Lipinski definition) is 2. The van der Waals surface area contributed by atoms with Crippen molar-refractivity contribution in [1.29, 1.82) is 0 Å². The maximum absolute atomic E-state index is 5.36. The summed E-state index contributed by atoms with van der Waals surface area (Å²) < 4.78 is 0. The number of aromatic amines is 1. The van der Waals surface area contributed by atoms with Crippen molar-refractivity contribution < 1.29 is 0 Å². The molecular weight excluding hydrogens is 295 g/mol. The van der Waals surface area contributed by atoms with Crippen molar-refractivity contribution in [2.45, 2.75) is 13.3 Å². The maximum atomic E-state index is 5.36. The third-order valence-corrected chi connectivity index (χ3v) is 2.10. The predicted molar refractivity (Wildman–Crippen MR) is 80.9 cm³/mol. The third-order valence-electron chi connectivity index (χ3n) is 2.10. The van der Waals surface area contributed by atoms with Gasteiger partial charge in [0.1, 0.15) is 0 Å². The summed E-state index contributed by atoms with van der Waals surface area (Å²) in [4.78, 5) is 4.20. The van der Waals surface area contributed by atoms with Gasteiger partial charge in [-0.3, -0.25) is 5.10 Å². The first-order valence-corrected chi connectivity index (χ1v) is 4.81. The van der Waals surface area contributed by atoms with Crippen LogP contribution < -0.4 is 5.73 Å². The number of H-pyrrole nitrogens is 1. The van der Waals surface area contributed by atoms with Gasteiger partial charge in [-0.15, -0.1) is 37.2 Å². The first kappa shape index (κ1) is 19.4. The highest BCUT2D eigenvalue weighted by atomic mass is 35.5. The molecule has 7 heteroatoms. The Morgan fingerprint density at radius 1 is 1.33 bits per heavy atom. The summed E-state index contributed by atoms with van der Waals surface area (Å²) in [6, 6.07) is 1.99. The fourth-order valence-corrected chi connectivity index (χ4v) is 1.32. The van der Waals surface area contributed by atoms with Gasteiger partial charge in [-0.05, 0) is 13.0 Å². The Hall–Kier alpha value is -0.990. The molecule has 0 aliphatic rings. The lowest BCUT2D eigenvalue weighted by molar-refractivity contribution is 1.03. The zero-order valence-corrected chi connectivity index (χ0v) is 12.2. The van der Waals surface area contributed by atoms with E-state index in [1.54, 1.807) is 6.20 Å². The minimum Gasteiger partial charge on any atom is -0.330 e. The lowest BCUT2D eigenvalue weighted by atomic mass is 10.2. The molecule has 2 aromatic heterocycles. The van der Waals surface area contributed by atoms with Crippen molar-refractivity contribution in [3.63, 3.8) is 0 Å². The summed E-state index contributed by atoms with van der Waals surface area (Å²) >= 11 is 0. The molecular formula is C11H15Cl3N4. The molecule has 0 radical (unpaired) electrons.